The molecule has 0 aliphatic carbocycles. The Morgan fingerprint density at radius 3 is 2.65 bits per heavy atom. The molecule has 1 heterocycles. The van der Waals surface area contributed by atoms with Crippen molar-refractivity contribution in [2.24, 2.45) is 0 Å². The van der Waals surface area contributed by atoms with Crippen LogP contribution in [0.4, 0.5) is 4.39 Å². The van der Waals surface area contributed by atoms with Gasteiger partial charge in [-0.25, -0.2) is 4.39 Å². The molecule has 1 atom stereocenters. The van der Waals surface area contributed by atoms with Gasteiger partial charge in [0.2, 0.25) is 0 Å². The Morgan fingerprint density at radius 2 is 2.05 bits per heavy atom. The summed E-state index contributed by atoms with van der Waals surface area (Å²) in [7, 11) is 0. The zero-order valence-corrected chi connectivity index (χ0v) is 14.2. The summed E-state index contributed by atoms with van der Waals surface area (Å²) >= 11 is 5.01. The number of nitrogens with one attached hydrogen (secondary N) is 1. The molecule has 1 aromatic heterocycles. The van der Waals surface area contributed by atoms with Gasteiger partial charge >= 0.3 is 0 Å². The number of aryl methyl sites for hydroxylation is 1. The summed E-state index contributed by atoms with van der Waals surface area (Å²) in [4.78, 5) is 2.61. The summed E-state index contributed by atoms with van der Waals surface area (Å²) in [5.41, 5.74) is 0.976. The highest BCUT2D eigenvalue weighted by molar-refractivity contribution is 9.10. The van der Waals surface area contributed by atoms with Crippen molar-refractivity contribution >= 4 is 27.3 Å². The first-order chi connectivity index (χ1) is 9.65. The maximum absolute atomic E-state index is 13.8. The van der Waals surface area contributed by atoms with Gasteiger partial charge < -0.3 is 5.32 Å². The zero-order valence-electron chi connectivity index (χ0n) is 11.7. The predicted octanol–water partition coefficient (Wildman–Crippen LogP) is 5.30. The van der Waals surface area contributed by atoms with Gasteiger partial charge in [-0.15, -0.1) is 11.3 Å². The van der Waals surface area contributed by atoms with Crippen LogP contribution >= 0.6 is 27.3 Å². The lowest BCUT2D eigenvalue weighted by atomic mass is 10.0. The minimum absolute atomic E-state index is 0.0721. The van der Waals surface area contributed by atoms with Gasteiger partial charge in [-0.3, -0.25) is 0 Å². The molecule has 1 N–H and O–H groups in total. The average molecular weight is 356 g/mol. The molecule has 1 nitrogen and oxygen atoms in total. The van der Waals surface area contributed by atoms with Crippen LogP contribution in [0.25, 0.3) is 0 Å². The summed E-state index contributed by atoms with van der Waals surface area (Å²) in [6.07, 6.45) is 2.10. The lowest BCUT2D eigenvalue weighted by Crippen LogP contribution is -2.22. The molecule has 0 aliphatic rings. The Kier molecular flexibility index (Phi) is 5.75. The van der Waals surface area contributed by atoms with E-state index < -0.39 is 0 Å². The van der Waals surface area contributed by atoms with Crippen LogP contribution in [-0.4, -0.2) is 6.54 Å². The second kappa shape index (κ2) is 7.34. The third-order valence-electron chi connectivity index (χ3n) is 3.19. The van der Waals surface area contributed by atoms with Crippen molar-refractivity contribution in [3.05, 3.63) is 55.9 Å². The summed E-state index contributed by atoms with van der Waals surface area (Å²) in [5.74, 6) is -0.210. The molecule has 1 unspecified atom stereocenters. The van der Waals surface area contributed by atoms with Gasteiger partial charge in [0.25, 0.3) is 0 Å². The molecular formula is C16H19BrFNS. The van der Waals surface area contributed by atoms with Crippen molar-refractivity contribution in [1.29, 1.82) is 0 Å². The topological polar surface area (TPSA) is 12.0 Å². The molecule has 20 heavy (non-hydrogen) atoms. The van der Waals surface area contributed by atoms with Crippen LogP contribution in [0.15, 0.2) is 34.8 Å². The Hall–Kier alpha value is -0.710. The Morgan fingerprint density at radius 1 is 1.25 bits per heavy atom. The molecule has 4 heteroatoms. The lowest BCUT2D eigenvalue weighted by Gasteiger charge is -2.18. The molecule has 0 fully saturated rings. The SMILES string of the molecule is CCCNC(c1ccc(Br)c(F)c1)c1ccc(CC)s1. The number of halogens is 2. The fraction of sp³-hybridized carbons (Fsp3) is 0.375. The first kappa shape index (κ1) is 15.7. The van der Waals surface area contributed by atoms with Gasteiger partial charge in [-0.2, -0.15) is 0 Å². The van der Waals surface area contributed by atoms with Crippen LogP contribution in [0.2, 0.25) is 0 Å². The van der Waals surface area contributed by atoms with Crippen LogP contribution in [-0.2, 0) is 6.42 Å². The van der Waals surface area contributed by atoms with E-state index in [0.717, 1.165) is 24.9 Å². The molecule has 0 bridgehead atoms. The van der Waals surface area contributed by atoms with E-state index in [0.29, 0.717) is 4.47 Å². The predicted molar refractivity (Wildman–Crippen MR) is 87.9 cm³/mol. The van der Waals surface area contributed by atoms with Crippen LogP contribution in [0.3, 0.4) is 0 Å². The van der Waals surface area contributed by atoms with Crippen LogP contribution < -0.4 is 5.32 Å². The van der Waals surface area contributed by atoms with Gasteiger partial charge in [0.05, 0.1) is 10.5 Å². The van der Waals surface area contributed by atoms with E-state index in [-0.39, 0.29) is 11.9 Å². The second-order valence-electron chi connectivity index (χ2n) is 4.72. The number of rotatable bonds is 6. The first-order valence-electron chi connectivity index (χ1n) is 6.92. The van der Waals surface area contributed by atoms with Gasteiger partial charge in [0.1, 0.15) is 5.82 Å². The van der Waals surface area contributed by atoms with E-state index in [1.54, 1.807) is 23.5 Å². The third kappa shape index (κ3) is 3.68. The van der Waals surface area contributed by atoms with Crippen LogP contribution in [0.1, 0.15) is 41.6 Å². The molecular weight excluding hydrogens is 337 g/mol. The summed E-state index contributed by atoms with van der Waals surface area (Å²) in [5, 5.41) is 3.51. The first-order valence-corrected chi connectivity index (χ1v) is 8.53. The van der Waals surface area contributed by atoms with Crippen molar-refractivity contribution in [3.8, 4) is 0 Å². The molecule has 1 aromatic carbocycles. The molecule has 0 radical (unpaired) electrons. The fourth-order valence-electron chi connectivity index (χ4n) is 2.10. The van der Waals surface area contributed by atoms with Gasteiger partial charge in [0.15, 0.2) is 0 Å². The van der Waals surface area contributed by atoms with E-state index in [2.05, 4.69) is 47.2 Å². The maximum atomic E-state index is 13.8. The summed E-state index contributed by atoms with van der Waals surface area (Å²) in [6.45, 7) is 5.21. The fourth-order valence-corrected chi connectivity index (χ4v) is 3.41. The van der Waals surface area contributed by atoms with E-state index in [1.165, 1.54) is 9.75 Å². The lowest BCUT2D eigenvalue weighted by molar-refractivity contribution is 0.588. The Labute approximate surface area is 132 Å². The monoisotopic (exact) mass is 355 g/mol. The number of benzene rings is 1. The minimum atomic E-state index is -0.210. The molecule has 2 aromatic rings. The zero-order chi connectivity index (χ0) is 14.5. The number of thiophene rings is 1. The molecule has 2 rings (SSSR count). The smallest absolute Gasteiger partial charge is 0.137 e. The average Bonchev–Trinajstić information content (AvgIpc) is 2.92. The largest absolute Gasteiger partial charge is 0.306 e. The molecule has 108 valence electrons. The van der Waals surface area contributed by atoms with E-state index >= 15 is 0 Å². The molecule has 0 aliphatic heterocycles. The van der Waals surface area contributed by atoms with Crippen molar-refractivity contribution < 1.29 is 4.39 Å². The molecule has 0 saturated carbocycles. The van der Waals surface area contributed by atoms with Crippen molar-refractivity contribution in [2.75, 3.05) is 6.54 Å². The number of hydrogen-bond acceptors (Lipinski definition) is 2. The highest BCUT2D eigenvalue weighted by Crippen LogP contribution is 2.30. The van der Waals surface area contributed by atoms with Crippen molar-refractivity contribution in [2.45, 2.75) is 32.7 Å². The van der Waals surface area contributed by atoms with Gasteiger partial charge in [-0.05, 0) is 65.1 Å². The van der Waals surface area contributed by atoms with E-state index in [4.69, 9.17) is 0 Å². The normalized spacial score (nSPS) is 12.6. The minimum Gasteiger partial charge on any atom is -0.306 e. The Balaban J connectivity index is 2.32. The van der Waals surface area contributed by atoms with E-state index in [1.807, 2.05) is 6.07 Å². The second-order valence-corrected chi connectivity index (χ2v) is 6.77. The van der Waals surface area contributed by atoms with Crippen molar-refractivity contribution in [3.63, 3.8) is 0 Å². The standard InChI is InChI=1S/C16H19BrFNS/c1-3-9-19-16(15-8-6-12(4-2)20-15)11-5-7-13(17)14(18)10-11/h5-8,10,16,19H,3-4,9H2,1-2H3. The van der Waals surface area contributed by atoms with Gasteiger partial charge in [-0.1, -0.05) is 19.9 Å². The Bertz CT molecular complexity index is 567. The van der Waals surface area contributed by atoms with E-state index in [9.17, 15) is 4.39 Å². The number of hydrogen-bond donors (Lipinski definition) is 1. The maximum Gasteiger partial charge on any atom is 0.137 e. The quantitative estimate of drug-likeness (QED) is 0.741. The van der Waals surface area contributed by atoms with Gasteiger partial charge in [0, 0.05) is 9.75 Å². The molecule has 0 amide bonds. The van der Waals surface area contributed by atoms with Crippen molar-refractivity contribution in [1.82, 2.24) is 5.32 Å². The molecule has 0 saturated heterocycles. The summed E-state index contributed by atoms with van der Waals surface area (Å²) < 4.78 is 14.3. The highest BCUT2D eigenvalue weighted by atomic mass is 79.9. The van der Waals surface area contributed by atoms with Crippen LogP contribution in [0, 0.1) is 5.82 Å². The summed E-state index contributed by atoms with van der Waals surface area (Å²) in [6, 6.07) is 9.75. The van der Waals surface area contributed by atoms with Crippen LogP contribution in [0.5, 0.6) is 0 Å². The highest BCUT2D eigenvalue weighted by Gasteiger charge is 2.16. The molecule has 0 spiro atoms. The third-order valence-corrected chi connectivity index (χ3v) is 5.13.